The van der Waals surface area contributed by atoms with Gasteiger partial charge >= 0.3 is 0 Å². The molecule has 0 aromatic heterocycles. The Balaban J connectivity index is 2.81. The second-order valence-electron chi connectivity index (χ2n) is 5.58. The summed E-state index contributed by atoms with van der Waals surface area (Å²) in [5.41, 5.74) is 1.82. The van der Waals surface area contributed by atoms with Crippen molar-refractivity contribution in [2.75, 3.05) is 45.8 Å². The zero-order chi connectivity index (χ0) is 15.1. The summed E-state index contributed by atoms with van der Waals surface area (Å²) in [7, 11) is 5.63. The van der Waals surface area contributed by atoms with E-state index in [9.17, 15) is 4.79 Å². The third-order valence-corrected chi connectivity index (χ3v) is 3.07. The highest BCUT2D eigenvalue weighted by atomic mass is 16.5. The lowest BCUT2D eigenvalue weighted by Crippen LogP contribution is -2.36. The van der Waals surface area contributed by atoms with Gasteiger partial charge in [-0.05, 0) is 30.2 Å². The molecule has 1 aromatic rings. The third-order valence-electron chi connectivity index (χ3n) is 3.07. The van der Waals surface area contributed by atoms with Crippen molar-refractivity contribution >= 4 is 11.6 Å². The number of hydrogen-bond acceptors (Lipinski definition) is 3. The molecule has 1 amide bonds. The molecular formula is C16H26N2O2. The lowest BCUT2D eigenvalue weighted by atomic mass is 10.1. The average molecular weight is 278 g/mol. The van der Waals surface area contributed by atoms with Gasteiger partial charge in [0.05, 0.1) is 6.61 Å². The summed E-state index contributed by atoms with van der Waals surface area (Å²) >= 11 is 0. The molecular weight excluding hydrogens is 252 g/mol. The van der Waals surface area contributed by atoms with Gasteiger partial charge in [0.25, 0.3) is 5.91 Å². The predicted octanol–water partition coefficient (Wildman–Crippen LogP) is 2.50. The van der Waals surface area contributed by atoms with Crippen LogP contribution in [0.1, 0.15) is 24.2 Å². The van der Waals surface area contributed by atoms with Gasteiger partial charge in [-0.25, -0.2) is 0 Å². The van der Waals surface area contributed by atoms with Gasteiger partial charge in [0.2, 0.25) is 0 Å². The van der Waals surface area contributed by atoms with Crippen LogP contribution in [0.25, 0.3) is 0 Å². The number of carbonyl (C=O) groups is 1. The molecule has 1 rings (SSSR count). The summed E-state index contributed by atoms with van der Waals surface area (Å²) < 4.78 is 5.09. The van der Waals surface area contributed by atoms with E-state index < -0.39 is 0 Å². The first-order valence-corrected chi connectivity index (χ1v) is 7.01. The van der Waals surface area contributed by atoms with Gasteiger partial charge in [-0.15, -0.1) is 0 Å². The van der Waals surface area contributed by atoms with Crippen LogP contribution in [0.15, 0.2) is 24.3 Å². The maximum absolute atomic E-state index is 12.5. The van der Waals surface area contributed by atoms with Gasteiger partial charge in [0.1, 0.15) is 0 Å². The van der Waals surface area contributed by atoms with Crippen molar-refractivity contribution in [1.29, 1.82) is 0 Å². The van der Waals surface area contributed by atoms with Gasteiger partial charge < -0.3 is 14.5 Å². The number of benzene rings is 1. The molecule has 112 valence electrons. The molecule has 0 bridgehead atoms. The molecule has 4 heteroatoms. The van der Waals surface area contributed by atoms with Crippen molar-refractivity contribution in [3.63, 3.8) is 0 Å². The quantitative estimate of drug-likeness (QED) is 0.768. The van der Waals surface area contributed by atoms with Gasteiger partial charge in [0.15, 0.2) is 0 Å². The number of nitrogens with zero attached hydrogens (tertiary/aromatic N) is 2. The maximum Gasteiger partial charge on any atom is 0.253 e. The third kappa shape index (κ3) is 4.85. The molecule has 0 atom stereocenters. The Hall–Kier alpha value is -1.55. The normalized spacial score (nSPS) is 10.7. The van der Waals surface area contributed by atoms with E-state index in [1.165, 1.54) is 0 Å². The molecule has 0 unspecified atom stereocenters. The van der Waals surface area contributed by atoms with E-state index in [1.54, 1.807) is 7.11 Å². The molecule has 0 saturated carbocycles. The van der Waals surface area contributed by atoms with Crippen molar-refractivity contribution < 1.29 is 9.53 Å². The van der Waals surface area contributed by atoms with Gasteiger partial charge in [-0.3, -0.25) is 4.79 Å². The lowest BCUT2D eigenvalue weighted by Gasteiger charge is -2.24. The highest BCUT2D eigenvalue weighted by molar-refractivity contribution is 5.94. The first-order valence-electron chi connectivity index (χ1n) is 7.01. The van der Waals surface area contributed by atoms with Gasteiger partial charge in [-0.1, -0.05) is 13.8 Å². The zero-order valence-electron chi connectivity index (χ0n) is 13.2. The number of rotatable bonds is 7. The fourth-order valence-corrected chi connectivity index (χ4v) is 2.00. The highest BCUT2D eigenvalue weighted by Crippen LogP contribution is 2.14. The van der Waals surface area contributed by atoms with E-state index in [0.29, 0.717) is 19.1 Å². The molecule has 0 radical (unpaired) electrons. The summed E-state index contributed by atoms with van der Waals surface area (Å²) in [6.45, 7) is 6.17. The molecule has 0 aliphatic rings. The van der Waals surface area contributed by atoms with Gasteiger partial charge in [-0.2, -0.15) is 0 Å². The minimum absolute atomic E-state index is 0.0704. The number of carbonyl (C=O) groups excluding carboxylic acids is 1. The van der Waals surface area contributed by atoms with Crippen LogP contribution in [-0.4, -0.2) is 51.7 Å². The van der Waals surface area contributed by atoms with Crippen LogP contribution < -0.4 is 4.90 Å². The topological polar surface area (TPSA) is 32.8 Å². The summed E-state index contributed by atoms with van der Waals surface area (Å²) in [6.07, 6.45) is 0. The van der Waals surface area contributed by atoms with Crippen molar-refractivity contribution in [2.24, 2.45) is 5.92 Å². The lowest BCUT2D eigenvalue weighted by molar-refractivity contribution is 0.0672. The van der Waals surface area contributed by atoms with E-state index >= 15 is 0 Å². The molecule has 4 nitrogen and oxygen atoms in total. The van der Waals surface area contributed by atoms with E-state index in [2.05, 4.69) is 13.8 Å². The molecule has 0 aliphatic carbocycles. The fourth-order valence-electron chi connectivity index (χ4n) is 2.00. The molecule has 0 aliphatic heterocycles. The van der Waals surface area contributed by atoms with Crippen LogP contribution in [0.4, 0.5) is 5.69 Å². The Morgan fingerprint density at radius 3 is 2.25 bits per heavy atom. The Kier molecular flexibility index (Phi) is 6.52. The maximum atomic E-state index is 12.5. The van der Waals surface area contributed by atoms with E-state index in [4.69, 9.17) is 4.74 Å². The van der Waals surface area contributed by atoms with Crippen molar-refractivity contribution in [2.45, 2.75) is 13.8 Å². The number of ether oxygens (including phenoxy) is 1. The van der Waals surface area contributed by atoms with E-state index in [-0.39, 0.29) is 5.91 Å². The summed E-state index contributed by atoms with van der Waals surface area (Å²) in [5.74, 6) is 0.512. The Morgan fingerprint density at radius 2 is 1.80 bits per heavy atom. The van der Waals surface area contributed by atoms with Crippen LogP contribution in [0.3, 0.4) is 0 Å². The standard InChI is InChI=1S/C16H26N2O2/c1-13(2)12-18(10-11-20-5)16(19)14-6-8-15(9-7-14)17(3)4/h6-9,13H,10-12H2,1-5H3. The van der Waals surface area contributed by atoms with Gasteiger partial charge in [0, 0.05) is 45.5 Å². The van der Waals surface area contributed by atoms with Crippen molar-refractivity contribution in [3.8, 4) is 0 Å². The van der Waals surface area contributed by atoms with E-state index in [0.717, 1.165) is 17.8 Å². The molecule has 0 heterocycles. The minimum Gasteiger partial charge on any atom is -0.383 e. The average Bonchev–Trinajstić information content (AvgIpc) is 2.42. The summed E-state index contributed by atoms with van der Waals surface area (Å²) in [4.78, 5) is 16.4. The molecule has 0 saturated heterocycles. The molecule has 0 fully saturated rings. The molecule has 0 spiro atoms. The summed E-state index contributed by atoms with van der Waals surface area (Å²) in [6, 6.07) is 7.71. The van der Waals surface area contributed by atoms with Crippen LogP contribution in [0.2, 0.25) is 0 Å². The SMILES string of the molecule is COCCN(CC(C)C)C(=O)c1ccc(N(C)C)cc1. The van der Waals surface area contributed by atoms with E-state index in [1.807, 2.05) is 48.2 Å². The number of hydrogen-bond donors (Lipinski definition) is 0. The molecule has 1 aromatic carbocycles. The first-order chi connectivity index (χ1) is 9.45. The Bertz CT molecular complexity index is 413. The second-order valence-corrected chi connectivity index (χ2v) is 5.58. The van der Waals surface area contributed by atoms with Crippen LogP contribution in [0, 0.1) is 5.92 Å². The number of anilines is 1. The van der Waals surface area contributed by atoms with Crippen molar-refractivity contribution in [1.82, 2.24) is 4.90 Å². The van der Waals surface area contributed by atoms with Crippen LogP contribution in [0.5, 0.6) is 0 Å². The largest absolute Gasteiger partial charge is 0.383 e. The Morgan fingerprint density at radius 1 is 1.20 bits per heavy atom. The zero-order valence-corrected chi connectivity index (χ0v) is 13.2. The first kappa shape index (κ1) is 16.5. The molecule has 20 heavy (non-hydrogen) atoms. The highest BCUT2D eigenvalue weighted by Gasteiger charge is 2.16. The smallest absolute Gasteiger partial charge is 0.253 e. The monoisotopic (exact) mass is 278 g/mol. The van der Waals surface area contributed by atoms with Crippen molar-refractivity contribution in [3.05, 3.63) is 29.8 Å². The number of amides is 1. The number of methoxy groups -OCH3 is 1. The molecule has 0 N–H and O–H groups in total. The van der Waals surface area contributed by atoms with Crippen LogP contribution in [-0.2, 0) is 4.74 Å². The fraction of sp³-hybridized carbons (Fsp3) is 0.562. The predicted molar refractivity (Wildman–Crippen MR) is 83.4 cm³/mol. The Labute approximate surface area is 122 Å². The van der Waals surface area contributed by atoms with Crippen LogP contribution >= 0.6 is 0 Å². The second kappa shape index (κ2) is 7.90. The summed E-state index contributed by atoms with van der Waals surface area (Å²) in [5, 5.41) is 0. The minimum atomic E-state index is 0.0704.